The number of benzene rings is 2. The molecule has 0 heterocycles. The second kappa shape index (κ2) is 6.21. The lowest BCUT2D eigenvalue weighted by Crippen LogP contribution is -2.03. The van der Waals surface area contributed by atoms with E-state index in [1.165, 1.54) is 25.3 Å². The minimum atomic E-state index is -1.10. The predicted octanol–water partition coefficient (Wildman–Crippen LogP) is 3.25. The summed E-state index contributed by atoms with van der Waals surface area (Å²) in [6, 6.07) is 7.69. The van der Waals surface area contributed by atoms with Crippen molar-refractivity contribution in [1.29, 1.82) is 0 Å². The van der Waals surface area contributed by atoms with Crippen LogP contribution in [0.4, 0.5) is 8.78 Å². The van der Waals surface area contributed by atoms with E-state index in [0.717, 1.165) is 12.1 Å². The van der Waals surface area contributed by atoms with Gasteiger partial charge in [-0.2, -0.15) is 0 Å². The van der Waals surface area contributed by atoms with Crippen molar-refractivity contribution in [2.45, 2.75) is 6.61 Å². The van der Waals surface area contributed by atoms with Gasteiger partial charge in [0.25, 0.3) is 0 Å². The van der Waals surface area contributed by atoms with E-state index in [2.05, 4.69) is 0 Å². The summed E-state index contributed by atoms with van der Waals surface area (Å²) in [5.41, 5.74) is 0.677. The molecule has 110 valence electrons. The highest BCUT2D eigenvalue weighted by Crippen LogP contribution is 2.22. The van der Waals surface area contributed by atoms with Gasteiger partial charge < -0.3 is 14.6 Å². The van der Waals surface area contributed by atoms with E-state index in [0.29, 0.717) is 5.56 Å². The number of hydrogen-bond acceptors (Lipinski definition) is 3. The molecule has 0 radical (unpaired) electrons. The second-order valence-electron chi connectivity index (χ2n) is 4.20. The summed E-state index contributed by atoms with van der Waals surface area (Å²) in [7, 11) is 1.36. The minimum Gasteiger partial charge on any atom is -0.496 e. The molecule has 0 bridgehead atoms. The van der Waals surface area contributed by atoms with E-state index in [4.69, 9.17) is 14.6 Å². The Morgan fingerprint density at radius 3 is 2.52 bits per heavy atom. The molecule has 2 rings (SSSR count). The fraction of sp³-hybridized carbons (Fsp3) is 0.133. The van der Waals surface area contributed by atoms with E-state index in [1.54, 1.807) is 6.07 Å². The topological polar surface area (TPSA) is 55.8 Å². The monoisotopic (exact) mass is 294 g/mol. The van der Waals surface area contributed by atoms with E-state index in [1.807, 2.05) is 0 Å². The van der Waals surface area contributed by atoms with Crippen LogP contribution in [0.25, 0.3) is 0 Å². The van der Waals surface area contributed by atoms with Gasteiger partial charge in [-0.15, -0.1) is 0 Å². The average molecular weight is 294 g/mol. The Labute approximate surface area is 119 Å². The lowest BCUT2D eigenvalue weighted by Gasteiger charge is -2.09. The fourth-order valence-corrected chi connectivity index (χ4v) is 1.74. The third-order valence-corrected chi connectivity index (χ3v) is 2.79. The molecule has 0 spiro atoms. The molecule has 0 unspecified atom stereocenters. The molecule has 4 nitrogen and oxygen atoms in total. The number of halogens is 2. The highest BCUT2D eigenvalue weighted by molar-refractivity contribution is 5.90. The number of carbonyl (C=O) groups is 1. The molecule has 0 aliphatic carbocycles. The van der Waals surface area contributed by atoms with Crippen LogP contribution in [0.3, 0.4) is 0 Å². The van der Waals surface area contributed by atoms with Crippen molar-refractivity contribution in [3.63, 3.8) is 0 Å². The Bertz CT molecular complexity index is 671. The van der Waals surface area contributed by atoms with Gasteiger partial charge in [0.15, 0.2) is 11.6 Å². The van der Waals surface area contributed by atoms with Gasteiger partial charge in [0, 0.05) is 6.07 Å². The zero-order valence-corrected chi connectivity index (χ0v) is 11.1. The van der Waals surface area contributed by atoms with Crippen LogP contribution < -0.4 is 9.47 Å². The highest BCUT2D eigenvalue weighted by Gasteiger charge is 2.11. The number of ether oxygens (including phenoxy) is 2. The Morgan fingerprint density at radius 2 is 1.90 bits per heavy atom. The number of methoxy groups -OCH3 is 1. The van der Waals surface area contributed by atoms with Crippen molar-refractivity contribution in [3.8, 4) is 11.5 Å². The first-order valence-corrected chi connectivity index (χ1v) is 5.99. The maximum absolute atomic E-state index is 13.0. The number of carboxylic acids is 1. The highest BCUT2D eigenvalue weighted by atomic mass is 19.2. The van der Waals surface area contributed by atoms with Crippen LogP contribution in [0.2, 0.25) is 0 Å². The van der Waals surface area contributed by atoms with E-state index in [-0.39, 0.29) is 23.7 Å². The van der Waals surface area contributed by atoms with Gasteiger partial charge in [0.2, 0.25) is 0 Å². The predicted molar refractivity (Wildman–Crippen MR) is 70.6 cm³/mol. The van der Waals surface area contributed by atoms with Crippen molar-refractivity contribution < 1.29 is 28.2 Å². The standard InChI is InChI=1S/C15H12F2O4/c1-20-14-6-9(2-4-11(14)15(18)19)8-21-10-3-5-12(16)13(17)7-10/h2-7H,8H2,1H3,(H,18,19). The summed E-state index contributed by atoms with van der Waals surface area (Å²) in [4.78, 5) is 11.0. The SMILES string of the molecule is COc1cc(COc2ccc(F)c(F)c2)ccc1C(=O)O. The van der Waals surface area contributed by atoms with E-state index >= 15 is 0 Å². The number of carboxylic acid groups (broad SMARTS) is 1. The smallest absolute Gasteiger partial charge is 0.339 e. The first kappa shape index (κ1) is 14.8. The second-order valence-corrected chi connectivity index (χ2v) is 4.20. The first-order chi connectivity index (χ1) is 10.0. The molecular formula is C15H12F2O4. The van der Waals surface area contributed by atoms with Gasteiger partial charge in [-0.05, 0) is 29.8 Å². The molecule has 21 heavy (non-hydrogen) atoms. The molecule has 2 aromatic rings. The molecule has 0 amide bonds. The van der Waals surface area contributed by atoms with Crippen molar-refractivity contribution in [2.24, 2.45) is 0 Å². The Hall–Kier alpha value is -2.63. The van der Waals surface area contributed by atoms with Crippen LogP contribution in [-0.4, -0.2) is 18.2 Å². The number of hydrogen-bond donors (Lipinski definition) is 1. The van der Waals surface area contributed by atoms with Crippen LogP contribution in [-0.2, 0) is 6.61 Å². The van der Waals surface area contributed by atoms with Crippen LogP contribution >= 0.6 is 0 Å². The Kier molecular flexibility index (Phi) is 4.37. The summed E-state index contributed by atoms with van der Waals surface area (Å²) in [5, 5.41) is 8.96. The number of rotatable bonds is 5. The molecule has 0 fully saturated rings. The van der Waals surface area contributed by atoms with E-state index < -0.39 is 17.6 Å². The lowest BCUT2D eigenvalue weighted by atomic mass is 10.1. The normalized spacial score (nSPS) is 10.2. The number of aromatic carboxylic acids is 1. The third-order valence-electron chi connectivity index (χ3n) is 2.79. The summed E-state index contributed by atoms with van der Waals surface area (Å²) in [5.74, 6) is -2.66. The van der Waals surface area contributed by atoms with Gasteiger partial charge in [0.05, 0.1) is 7.11 Å². The summed E-state index contributed by atoms with van der Waals surface area (Å²) in [6.07, 6.45) is 0. The van der Waals surface area contributed by atoms with Gasteiger partial charge in [-0.3, -0.25) is 0 Å². The van der Waals surface area contributed by atoms with Crippen molar-refractivity contribution in [1.82, 2.24) is 0 Å². The maximum Gasteiger partial charge on any atom is 0.339 e. The third kappa shape index (κ3) is 3.47. The molecule has 0 aliphatic heterocycles. The van der Waals surface area contributed by atoms with Gasteiger partial charge in [-0.1, -0.05) is 6.07 Å². The van der Waals surface area contributed by atoms with Crippen molar-refractivity contribution >= 4 is 5.97 Å². The molecule has 0 saturated carbocycles. The molecule has 0 aliphatic rings. The van der Waals surface area contributed by atoms with Crippen LogP contribution in [0.1, 0.15) is 15.9 Å². The van der Waals surface area contributed by atoms with Gasteiger partial charge in [-0.25, -0.2) is 13.6 Å². The van der Waals surface area contributed by atoms with Crippen LogP contribution in [0.15, 0.2) is 36.4 Å². The van der Waals surface area contributed by atoms with Crippen LogP contribution in [0.5, 0.6) is 11.5 Å². The summed E-state index contributed by atoms with van der Waals surface area (Å²) in [6.45, 7) is 0.0708. The van der Waals surface area contributed by atoms with Crippen molar-refractivity contribution in [2.75, 3.05) is 7.11 Å². The molecule has 0 saturated heterocycles. The van der Waals surface area contributed by atoms with Gasteiger partial charge in [0.1, 0.15) is 23.7 Å². The molecule has 1 N–H and O–H groups in total. The Morgan fingerprint density at radius 1 is 1.14 bits per heavy atom. The summed E-state index contributed by atoms with van der Waals surface area (Å²) < 4.78 is 36.1. The van der Waals surface area contributed by atoms with Crippen LogP contribution in [0, 0.1) is 11.6 Å². The molecule has 0 aromatic heterocycles. The fourth-order valence-electron chi connectivity index (χ4n) is 1.74. The Balaban J connectivity index is 2.13. The zero-order valence-electron chi connectivity index (χ0n) is 11.1. The largest absolute Gasteiger partial charge is 0.496 e. The lowest BCUT2D eigenvalue weighted by molar-refractivity contribution is 0.0693. The zero-order chi connectivity index (χ0) is 15.4. The molecular weight excluding hydrogens is 282 g/mol. The van der Waals surface area contributed by atoms with Gasteiger partial charge >= 0.3 is 5.97 Å². The van der Waals surface area contributed by atoms with Crippen molar-refractivity contribution in [3.05, 3.63) is 59.2 Å². The molecule has 6 heteroatoms. The average Bonchev–Trinajstić information content (AvgIpc) is 2.48. The first-order valence-electron chi connectivity index (χ1n) is 5.99. The maximum atomic E-state index is 13.0. The quantitative estimate of drug-likeness (QED) is 0.919. The molecule has 2 aromatic carbocycles. The summed E-state index contributed by atoms with van der Waals surface area (Å²) >= 11 is 0. The minimum absolute atomic E-state index is 0.0362. The molecule has 0 atom stereocenters. The van der Waals surface area contributed by atoms with E-state index in [9.17, 15) is 13.6 Å².